The minimum atomic E-state index is -2.46. The van der Waals surface area contributed by atoms with Crippen LogP contribution in [0.2, 0.25) is 5.04 Å². The summed E-state index contributed by atoms with van der Waals surface area (Å²) < 4.78 is 18.5. The molecule has 1 aliphatic heterocycles. The van der Waals surface area contributed by atoms with Crippen molar-refractivity contribution in [2.24, 2.45) is 5.92 Å². The van der Waals surface area contributed by atoms with Crippen molar-refractivity contribution in [3.05, 3.63) is 60.7 Å². The Labute approximate surface area is 171 Å². The Balaban J connectivity index is 1.83. The van der Waals surface area contributed by atoms with E-state index in [0.717, 1.165) is 19.4 Å². The second kappa shape index (κ2) is 9.36. The van der Waals surface area contributed by atoms with Gasteiger partial charge in [0.2, 0.25) is 0 Å². The van der Waals surface area contributed by atoms with E-state index in [1.165, 1.54) is 10.4 Å². The van der Waals surface area contributed by atoms with Crippen LogP contribution in [-0.4, -0.2) is 34.4 Å². The minimum Gasteiger partial charge on any atom is -0.407 e. The molecule has 2 atom stereocenters. The first-order chi connectivity index (χ1) is 13.4. The van der Waals surface area contributed by atoms with E-state index in [0.29, 0.717) is 19.1 Å². The molecular formula is C24H34O3Si. The lowest BCUT2D eigenvalue weighted by Crippen LogP contribution is -2.66. The molecule has 0 radical (unpaired) electrons. The zero-order chi connectivity index (χ0) is 20.0. The Morgan fingerprint density at radius 1 is 0.964 bits per heavy atom. The highest BCUT2D eigenvalue weighted by atomic mass is 28.4. The normalized spacial score (nSPS) is 18.9. The molecule has 0 amide bonds. The number of benzene rings is 2. The molecule has 1 saturated heterocycles. The molecule has 1 aliphatic rings. The molecule has 0 aliphatic carbocycles. The molecule has 28 heavy (non-hydrogen) atoms. The second-order valence-corrected chi connectivity index (χ2v) is 13.2. The van der Waals surface area contributed by atoms with E-state index in [9.17, 15) is 0 Å². The van der Waals surface area contributed by atoms with Gasteiger partial charge >= 0.3 is 0 Å². The number of hydrogen-bond donors (Lipinski definition) is 0. The van der Waals surface area contributed by atoms with E-state index in [-0.39, 0.29) is 11.3 Å². The third kappa shape index (κ3) is 4.74. The lowest BCUT2D eigenvalue weighted by Gasteiger charge is -2.43. The molecule has 1 heterocycles. The van der Waals surface area contributed by atoms with Crippen molar-refractivity contribution >= 4 is 18.7 Å². The zero-order valence-electron chi connectivity index (χ0n) is 17.7. The molecule has 2 aromatic carbocycles. The SMILES string of the molecule is CC(COC1CCCO1)CO[Si](c1ccccc1)(c1ccccc1)C(C)(C)C. The number of rotatable bonds is 8. The fourth-order valence-corrected chi connectivity index (χ4v) is 8.72. The molecule has 0 saturated carbocycles. The maximum Gasteiger partial charge on any atom is 0.261 e. The van der Waals surface area contributed by atoms with Gasteiger partial charge in [0.05, 0.1) is 6.61 Å². The average Bonchev–Trinajstić information content (AvgIpc) is 3.21. The standard InChI is InChI=1S/C24H34O3Si/c1-20(18-26-23-16-11-17-25-23)19-27-28(24(2,3)4,21-12-7-5-8-13-21)22-14-9-6-10-15-22/h5-10,12-15,20,23H,11,16-19H2,1-4H3. The second-order valence-electron chi connectivity index (χ2n) is 8.86. The van der Waals surface area contributed by atoms with Gasteiger partial charge in [0.1, 0.15) is 0 Å². The molecular weight excluding hydrogens is 364 g/mol. The quantitative estimate of drug-likeness (QED) is 0.619. The van der Waals surface area contributed by atoms with Crippen molar-refractivity contribution in [2.75, 3.05) is 19.8 Å². The van der Waals surface area contributed by atoms with Crippen LogP contribution in [-0.2, 0) is 13.9 Å². The third-order valence-electron chi connectivity index (χ3n) is 5.46. The van der Waals surface area contributed by atoms with Gasteiger partial charge in [-0.05, 0) is 21.8 Å². The van der Waals surface area contributed by atoms with Gasteiger partial charge in [-0.15, -0.1) is 0 Å². The van der Waals surface area contributed by atoms with E-state index in [1.807, 2.05) is 0 Å². The van der Waals surface area contributed by atoms with E-state index in [2.05, 4.69) is 88.4 Å². The largest absolute Gasteiger partial charge is 0.407 e. The predicted molar refractivity (Wildman–Crippen MR) is 118 cm³/mol. The number of ether oxygens (including phenoxy) is 2. The zero-order valence-corrected chi connectivity index (χ0v) is 18.7. The summed E-state index contributed by atoms with van der Waals surface area (Å²) in [5.74, 6) is 0.311. The summed E-state index contributed by atoms with van der Waals surface area (Å²) in [5, 5.41) is 2.65. The van der Waals surface area contributed by atoms with E-state index in [4.69, 9.17) is 13.9 Å². The van der Waals surface area contributed by atoms with Crippen LogP contribution in [0.4, 0.5) is 0 Å². The maximum atomic E-state index is 6.96. The monoisotopic (exact) mass is 398 g/mol. The average molecular weight is 399 g/mol. The lowest BCUT2D eigenvalue weighted by atomic mass is 10.2. The van der Waals surface area contributed by atoms with Gasteiger partial charge in [0, 0.05) is 25.6 Å². The van der Waals surface area contributed by atoms with Crippen LogP contribution in [0.15, 0.2) is 60.7 Å². The van der Waals surface area contributed by atoms with Crippen LogP contribution >= 0.6 is 0 Å². The lowest BCUT2D eigenvalue weighted by molar-refractivity contribution is -0.121. The first-order valence-electron chi connectivity index (χ1n) is 10.4. The molecule has 0 aromatic heterocycles. The highest BCUT2D eigenvalue weighted by molar-refractivity contribution is 6.99. The Kier molecular flexibility index (Phi) is 7.10. The Bertz CT molecular complexity index is 666. The van der Waals surface area contributed by atoms with Crippen molar-refractivity contribution < 1.29 is 13.9 Å². The highest BCUT2D eigenvalue weighted by Crippen LogP contribution is 2.37. The highest BCUT2D eigenvalue weighted by Gasteiger charge is 2.50. The Morgan fingerprint density at radius 2 is 1.54 bits per heavy atom. The molecule has 2 aromatic rings. The molecule has 3 nitrogen and oxygen atoms in total. The Morgan fingerprint density at radius 3 is 2.00 bits per heavy atom. The first-order valence-corrected chi connectivity index (χ1v) is 12.3. The molecule has 2 unspecified atom stereocenters. The van der Waals surface area contributed by atoms with Crippen molar-refractivity contribution in [3.8, 4) is 0 Å². The fourth-order valence-electron chi connectivity index (χ4n) is 4.03. The molecule has 0 bridgehead atoms. The van der Waals surface area contributed by atoms with Gasteiger partial charge in [-0.1, -0.05) is 88.4 Å². The minimum absolute atomic E-state index is 0.00481. The topological polar surface area (TPSA) is 27.7 Å². The van der Waals surface area contributed by atoms with Crippen molar-refractivity contribution in [1.29, 1.82) is 0 Å². The summed E-state index contributed by atoms with van der Waals surface area (Å²) in [6.45, 7) is 11.3. The van der Waals surface area contributed by atoms with E-state index < -0.39 is 8.32 Å². The van der Waals surface area contributed by atoms with Crippen LogP contribution in [0.25, 0.3) is 0 Å². The molecule has 152 valence electrons. The smallest absolute Gasteiger partial charge is 0.261 e. The van der Waals surface area contributed by atoms with Gasteiger partial charge in [-0.2, -0.15) is 0 Å². The van der Waals surface area contributed by atoms with Gasteiger partial charge in [0.25, 0.3) is 8.32 Å². The molecule has 3 rings (SSSR count). The van der Waals surface area contributed by atoms with Gasteiger partial charge < -0.3 is 13.9 Å². The summed E-state index contributed by atoms with van der Waals surface area (Å²) in [7, 11) is -2.46. The van der Waals surface area contributed by atoms with Crippen LogP contribution in [0.3, 0.4) is 0 Å². The van der Waals surface area contributed by atoms with Gasteiger partial charge in [-0.25, -0.2) is 0 Å². The number of hydrogen-bond acceptors (Lipinski definition) is 3. The molecule has 0 N–H and O–H groups in total. The maximum absolute atomic E-state index is 6.96. The van der Waals surface area contributed by atoms with Crippen LogP contribution in [0.5, 0.6) is 0 Å². The Hall–Kier alpha value is -1.46. The van der Waals surface area contributed by atoms with Crippen molar-refractivity contribution in [1.82, 2.24) is 0 Å². The summed E-state index contributed by atoms with van der Waals surface area (Å²) in [5.41, 5.74) is 0. The van der Waals surface area contributed by atoms with Crippen molar-refractivity contribution in [2.45, 2.75) is 51.9 Å². The fraction of sp³-hybridized carbons (Fsp3) is 0.500. The first kappa shape index (κ1) is 21.3. The van der Waals surface area contributed by atoms with Crippen LogP contribution < -0.4 is 10.4 Å². The third-order valence-corrected chi connectivity index (χ3v) is 10.5. The van der Waals surface area contributed by atoms with Gasteiger partial charge in [0.15, 0.2) is 6.29 Å². The van der Waals surface area contributed by atoms with Crippen LogP contribution in [0, 0.1) is 5.92 Å². The summed E-state index contributed by atoms with van der Waals surface area (Å²) in [6.07, 6.45) is 2.07. The predicted octanol–water partition coefficient (Wildman–Crippen LogP) is 4.35. The van der Waals surface area contributed by atoms with E-state index >= 15 is 0 Å². The van der Waals surface area contributed by atoms with Crippen molar-refractivity contribution in [3.63, 3.8) is 0 Å². The summed E-state index contributed by atoms with van der Waals surface area (Å²) in [6, 6.07) is 21.6. The van der Waals surface area contributed by atoms with Crippen LogP contribution in [0.1, 0.15) is 40.5 Å². The summed E-state index contributed by atoms with van der Waals surface area (Å²) in [4.78, 5) is 0. The molecule has 0 spiro atoms. The molecule has 4 heteroatoms. The molecule has 1 fully saturated rings. The van der Waals surface area contributed by atoms with Gasteiger partial charge in [-0.3, -0.25) is 0 Å². The summed E-state index contributed by atoms with van der Waals surface area (Å²) >= 11 is 0. The van der Waals surface area contributed by atoms with E-state index in [1.54, 1.807) is 0 Å².